The van der Waals surface area contributed by atoms with E-state index in [9.17, 15) is 23.1 Å². The number of amides is 2. The van der Waals surface area contributed by atoms with Crippen LogP contribution in [0.3, 0.4) is 0 Å². The number of likely N-dealkylation sites (tertiary alicyclic amines) is 1. The predicted octanol–water partition coefficient (Wildman–Crippen LogP) is 7.49. The van der Waals surface area contributed by atoms with Crippen LogP contribution < -0.4 is 9.64 Å². The summed E-state index contributed by atoms with van der Waals surface area (Å²) in [5.41, 5.74) is 4.81. The molecular weight excluding hydrogens is 783 g/mol. The van der Waals surface area contributed by atoms with Gasteiger partial charge < -0.3 is 24.4 Å². The average molecular weight is 830 g/mol. The van der Waals surface area contributed by atoms with Gasteiger partial charge >= 0.3 is 6.09 Å². The van der Waals surface area contributed by atoms with Crippen LogP contribution in [0.1, 0.15) is 85.5 Å². The van der Waals surface area contributed by atoms with E-state index in [4.69, 9.17) is 19.6 Å². The summed E-state index contributed by atoms with van der Waals surface area (Å²) in [6.07, 6.45) is 7.98. The molecule has 0 spiro atoms. The molecule has 15 heteroatoms. The molecule has 60 heavy (non-hydrogen) atoms. The number of hydrogen-bond acceptors (Lipinski definition) is 10. The van der Waals surface area contributed by atoms with Crippen molar-refractivity contribution in [1.82, 2.24) is 28.6 Å². The van der Waals surface area contributed by atoms with E-state index in [1.807, 2.05) is 56.8 Å². The average Bonchev–Trinajstić information content (AvgIpc) is 3.87. The van der Waals surface area contributed by atoms with Crippen molar-refractivity contribution in [3.63, 3.8) is 0 Å². The van der Waals surface area contributed by atoms with E-state index in [0.717, 1.165) is 18.4 Å². The second-order valence-electron chi connectivity index (χ2n) is 16.8. The molecule has 2 amide bonds. The number of aromatic nitrogens is 5. The van der Waals surface area contributed by atoms with Crippen LogP contribution >= 0.6 is 0 Å². The quantitative estimate of drug-likeness (QED) is 0.163. The van der Waals surface area contributed by atoms with Gasteiger partial charge in [0.15, 0.2) is 5.65 Å². The third-order valence-corrected chi connectivity index (χ3v) is 13.2. The molecule has 0 unspecified atom stereocenters. The Balaban J connectivity index is 1.11. The van der Waals surface area contributed by atoms with Crippen LogP contribution in [-0.2, 0) is 21.4 Å². The van der Waals surface area contributed by atoms with Gasteiger partial charge in [-0.15, -0.1) is 0 Å². The molecule has 1 N–H and O–H groups in total. The first-order valence-electron chi connectivity index (χ1n) is 20.3. The van der Waals surface area contributed by atoms with Crippen LogP contribution in [0.15, 0.2) is 90.3 Å². The number of aliphatic hydroxyl groups is 1. The van der Waals surface area contributed by atoms with Gasteiger partial charge in [0.05, 0.1) is 52.9 Å². The summed E-state index contributed by atoms with van der Waals surface area (Å²) in [6, 6.07) is 19.5. The minimum atomic E-state index is -4.23. The Labute approximate surface area is 348 Å². The van der Waals surface area contributed by atoms with Crippen LogP contribution in [0, 0.1) is 6.92 Å². The lowest BCUT2D eigenvalue weighted by atomic mass is 9.99. The summed E-state index contributed by atoms with van der Waals surface area (Å²) in [4.78, 5) is 39.6. The zero-order valence-electron chi connectivity index (χ0n) is 34.0. The van der Waals surface area contributed by atoms with Crippen LogP contribution in [0.5, 0.6) is 5.75 Å². The molecule has 3 aliphatic rings. The molecule has 0 bridgehead atoms. The van der Waals surface area contributed by atoms with Gasteiger partial charge in [-0.3, -0.25) is 9.48 Å². The number of aliphatic hydroxyl groups excluding tert-OH is 1. The standard InChI is InChI=1S/C45H47N7O7S/c1-28-8-13-33(14-9-28)60(56,57)52-39(31-24-48-51(25-31)32-16-18-49(19-17-32)44(55)59-45(2,3)4)23-36-41(46-27-47-42(36)52)34-6-5-7-38(37(34)26-53)50-20-21-58-40-22-30(29-10-11-29)12-15-35(40)43(50)54/h5-9,12-15,22-25,27,29,32,53H,10-11,16-21,26H2,1-4H3. The Bertz CT molecular complexity index is 2740. The fraction of sp³-hybridized carbons (Fsp3) is 0.356. The maximum atomic E-state index is 14.7. The van der Waals surface area contributed by atoms with E-state index in [-0.39, 0.29) is 41.7 Å². The Morgan fingerprint density at radius 3 is 2.43 bits per heavy atom. The first-order chi connectivity index (χ1) is 28.8. The maximum Gasteiger partial charge on any atom is 0.410 e. The fourth-order valence-electron chi connectivity index (χ4n) is 8.22. The zero-order chi connectivity index (χ0) is 41.9. The van der Waals surface area contributed by atoms with Crippen molar-refractivity contribution in [2.45, 2.75) is 82.4 Å². The van der Waals surface area contributed by atoms with Crippen molar-refractivity contribution in [2.75, 3.05) is 31.1 Å². The van der Waals surface area contributed by atoms with E-state index in [1.165, 1.54) is 15.9 Å². The number of hydrogen-bond donors (Lipinski definition) is 1. The third kappa shape index (κ3) is 7.29. The van der Waals surface area contributed by atoms with Gasteiger partial charge in [-0.05, 0) is 101 Å². The summed E-state index contributed by atoms with van der Waals surface area (Å²) in [5, 5.41) is 16.2. The summed E-state index contributed by atoms with van der Waals surface area (Å²) in [5.74, 6) is 0.823. The number of nitrogens with zero attached hydrogens (tertiary/aromatic N) is 7. The molecule has 3 aromatic carbocycles. The second-order valence-corrected chi connectivity index (χ2v) is 18.6. The van der Waals surface area contributed by atoms with Crippen LogP contribution in [0.2, 0.25) is 0 Å². The Morgan fingerprint density at radius 2 is 1.72 bits per heavy atom. The smallest absolute Gasteiger partial charge is 0.410 e. The van der Waals surface area contributed by atoms with Gasteiger partial charge in [0.25, 0.3) is 15.9 Å². The minimum absolute atomic E-state index is 0.0338. The monoisotopic (exact) mass is 829 g/mol. The molecular formula is C45H47N7O7S. The van der Waals surface area contributed by atoms with Gasteiger partial charge in [0.2, 0.25) is 0 Å². The van der Waals surface area contributed by atoms with E-state index in [1.54, 1.807) is 64.5 Å². The number of fused-ring (bicyclic) bond motifs is 2. The summed E-state index contributed by atoms with van der Waals surface area (Å²) in [6.45, 7) is 8.49. The highest BCUT2D eigenvalue weighted by atomic mass is 32.2. The van der Waals surface area contributed by atoms with Crippen LogP contribution in [-0.4, -0.2) is 86.0 Å². The Morgan fingerprint density at radius 1 is 0.950 bits per heavy atom. The first-order valence-corrected chi connectivity index (χ1v) is 21.8. The molecule has 5 heterocycles. The van der Waals surface area contributed by atoms with E-state index >= 15 is 0 Å². The van der Waals surface area contributed by atoms with Crippen molar-refractivity contribution in [2.24, 2.45) is 0 Å². The molecule has 9 rings (SSSR count). The Hall–Kier alpha value is -6.06. The maximum absolute atomic E-state index is 14.7. The number of carbonyl (C=O) groups excluding carboxylic acids is 2. The van der Waals surface area contributed by atoms with E-state index in [2.05, 4.69) is 4.98 Å². The lowest BCUT2D eigenvalue weighted by Gasteiger charge is -2.33. The van der Waals surface area contributed by atoms with Gasteiger partial charge in [0, 0.05) is 41.4 Å². The number of rotatable bonds is 8. The highest BCUT2D eigenvalue weighted by Crippen LogP contribution is 2.43. The molecule has 3 aromatic heterocycles. The van der Waals surface area contributed by atoms with Crippen molar-refractivity contribution < 1.29 is 32.6 Å². The number of ether oxygens (including phenoxy) is 2. The molecule has 310 valence electrons. The molecule has 14 nitrogen and oxygen atoms in total. The number of anilines is 1. The number of aryl methyl sites for hydroxylation is 1. The minimum Gasteiger partial charge on any atom is -0.491 e. The molecule has 1 aliphatic carbocycles. The van der Waals surface area contributed by atoms with Crippen molar-refractivity contribution in [3.8, 4) is 28.3 Å². The molecule has 6 aromatic rings. The predicted molar refractivity (Wildman–Crippen MR) is 226 cm³/mol. The first kappa shape index (κ1) is 39.4. The van der Waals surface area contributed by atoms with Gasteiger partial charge in [-0.25, -0.2) is 27.2 Å². The van der Waals surface area contributed by atoms with Crippen molar-refractivity contribution >= 4 is 38.7 Å². The molecule has 1 saturated heterocycles. The van der Waals surface area contributed by atoms with E-state index in [0.29, 0.717) is 82.3 Å². The lowest BCUT2D eigenvalue weighted by molar-refractivity contribution is 0.0184. The molecule has 0 radical (unpaired) electrons. The normalized spacial score (nSPS) is 16.4. The molecule has 0 atom stereocenters. The Kier molecular flexibility index (Phi) is 9.98. The van der Waals surface area contributed by atoms with Gasteiger partial charge in [0.1, 0.15) is 24.3 Å². The van der Waals surface area contributed by atoms with Gasteiger partial charge in [-0.1, -0.05) is 35.9 Å². The van der Waals surface area contributed by atoms with Crippen molar-refractivity contribution in [3.05, 3.63) is 108 Å². The zero-order valence-corrected chi connectivity index (χ0v) is 34.9. The third-order valence-electron chi connectivity index (χ3n) is 11.5. The number of benzene rings is 3. The van der Waals surface area contributed by atoms with E-state index < -0.39 is 22.2 Å². The highest BCUT2D eigenvalue weighted by Gasteiger charge is 2.33. The lowest BCUT2D eigenvalue weighted by Crippen LogP contribution is -2.42. The van der Waals surface area contributed by atoms with Crippen LogP contribution in [0.4, 0.5) is 10.5 Å². The largest absolute Gasteiger partial charge is 0.491 e. The number of piperidine rings is 1. The topological polar surface area (TPSA) is 162 Å². The van der Waals surface area contributed by atoms with Crippen LogP contribution in [0.25, 0.3) is 33.5 Å². The highest BCUT2D eigenvalue weighted by molar-refractivity contribution is 7.90. The van der Waals surface area contributed by atoms with Crippen molar-refractivity contribution in [1.29, 1.82) is 0 Å². The molecule has 2 fully saturated rings. The summed E-state index contributed by atoms with van der Waals surface area (Å²) >= 11 is 0. The summed E-state index contributed by atoms with van der Waals surface area (Å²) in [7, 11) is -4.23. The fourth-order valence-corrected chi connectivity index (χ4v) is 9.70. The summed E-state index contributed by atoms with van der Waals surface area (Å²) < 4.78 is 44.2. The SMILES string of the molecule is Cc1ccc(S(=O)(=O)n2c(-c3cnn(C4CCN(C(=O)OC(C)(C)C)CC4)c3)cc3c(-c4cccc(N5CCOc6cc(C7CC7)ccc6C5=O)c4CO)ncnc32)cc1. The second kappa shape index (κ2) is 15.2. The number of carbonyl (C=O) groups is 2. The molecule has 2 aliphatic heterocycles. The molecule has 1 saturated carbocycles. The van der Waals surface area contributed by atoms with Gasteiger partial charge in [-0.2, -0.15) is 5.10 Å².